The Balaban J connectivity index is 2.30. The summed E-state index contributed by atoms with van der Waals surface area (Å²) in [6.45, 7) is 5.97. The standard InChI is InChI=1S/C16H16O2/c1-11-9-12(2)16(13(3)10-11)15(17)7-6-14-5-4-8-18-14/h4-10H,1-3H3/b7-6+. The Bertz CT molecular complexity index is 567. The van der Waals surface area contributed by atoms with Gasteiger partial charge >= 0.3 is 0 Å². The molecule has 1 aromatic heterocycles. The van der Waals surface area contributed by atoms with E-state index in [1.54, 1.807) is 24.5 Å². The van der Waals surface area contributed by atoms with Crippen molar-refractivity contribution in [2.24, 2.45) is 0 Å². The van der Waals surface area contributed by atoms with Crippen molar-refractivity contribution in [1.29, 1.82) is 0 Å². The summed E-state index contributed by atoms with van der Waals surface area (Å²) in [7, 11) is 0. The molecule has 0 unspecified atom stereocenters. The molecule has 0 fully saturated rings. The van der Waals surface area contributed by atoms with Crippen LogP contribution in [0.25, 0.3) is 6.08 Å². The molecule has 0 aliphatic carbocycles. The molecule has 2 nitrogen and oxygen atoms in total. The Kier molecular flexibility index (Phi) is 3.47. The number of aryl methyl sites for hydroxylation is 3. The highest BCUT2D eigenvalue weighted by Crippen LogP contribution is 2.18. The average Bonchev–Trinajstić information content (AvgIpc) is 2.77. The lowest BCUT2D eigenvalue weighted by Crippen LogP contribution is -2.02. The predicted octanol–water partition coefficient (Wildman–Crippen LogP) is 4.10. The molecule has 0 amide bonds. The van der Waals surface area contributed by atoms with Crippen molar-refractivity contribution in [2.45, 2.75) is 20.8 Å². The summed E-state index contributed by atoms with van der Waals surface area (Å²) in [6, 6.07) is 7.67. The second-order valence-corrected chi connectivity index (χ2v) is 4.49. The SMILES string of the molecule is Cc1cc(C)c(C(=O)/C=C/c2ccco2)c(C)c1. The fourth-order valence-corrected chi connectivity index (χ4v) is 2.20. The molecule has 0 aliphatic heterocycles. The van der Waals surface area contributed by atoms with Gasteiger partial charge < -0.3 is 4.42 Å². The van der Waals surface area contributed by atoms with E-state index in [2.05, 4.69) is 0 Å². The van der Waals surface area contributed by atoms with Crippen LogP contribution in [0.1, 0.15) is 32.8 Å². The molecule has 0 bridgehead atoms. The Labute approximate surface area is 107 Å². The Morgan fingerprint density at radius 3 is 2.39 bits per heavy atom. The summed E-state index contributed by atoms with van der Waals surface area (Å²) in [5, 5.41) is 0. The van der Waals surface area contributed by atoms with Gasteiger partial charge in [-0.15, -0.1) is 0 Å². The Morgan fingerprint density at radius 2 is 1.83 bits per heavy atom. The largest absolute Gasteiger partial charge is 0.465 e. The zero-order valence-corrected chi connectivity index (χ0v) is 10.9. The van der Waals surface area contributed by atoms with Crippen molar-refractivity contribution in [3.05, 3.63) is 64.6 Å². The van der Waals surface area contributed by atoms with Crippen molar-refractivity contribution >= 4 is 11.9 Å². The van der Waals surface area contributed by atoms with Gasteiger partial charge in [-0.25, -0.2) is 0 Å². The van der Waals surface area contributed by atoms with Crippen molar-refractivity contribution in [1.82, 2.24) is 0 Å². The van der Waals surface area contributed by atoms with Gasteiger partial charge in [0.2, 0.25) is 0 Å². The zero-order chi connectivity index (χ0) is 13.1. The number of furan rings is 1. The molecule has 0 aliphatic rings. The number of ketones is 1. The molecule has 2 aromatic rings. The summed E-state index contributed by atoms with van der Waals surface area (Å²) < 4.78 is 5.16. The lowest BCUT2D eigenvalue weighted by atomic mass is 9.96. The smallest absolute Gasteiger partial charge is 0.186 e. The fourth-order valence-electron chi connectivity index (χ4n) is 2.20. The van der Waals surface area contributed by atoms with Crippen LogP contribution in [0.2, 0.25) is 0 Å². The first kappa shape index (κ1) is 12.4. The molecule has 0 spiro atoms. The molecule has 0 radical (unpaired) electrons. The van der Waals surface area contributed by atoms with E-state index in [0.717, 1.165) is 16.7 Å². The van der Waals surface area contributed by atoms with Crippen LogP contribution < -0.4 is 0 Å². The maximum Gasteiger partial charge on any atom is 0.186 e. The van der Waals surface area contributed by atoms with E-state index in [-0.39, 0.29) is 5.78 Å². The highest BCUT2D eigenvalue weighted by atomic mass is 16.3. The number of benzene rings is 1. The predicted molar refractivity (Wildman–Crippen MR) is 72.7 cm³/mol. The van der Waals surface area contributed by atoms with Crippen LogP contribution in [0.5, 0.6) is 0 Å². The van der Waals surface area contributed by atoms with Gasteiger partial charge in [-0.3, -0.25) is 4.79 Å². The highest BCUT2D eigenvalue weighted by Gasteiger charge is 2.10. The number of allylic oxidation sites excluding steroid dienone is 1. The van der Waals surface area contributed by atoms with E-state index in [1.165, 1.54) is 5.56 Å². The average molecular weight is 240 g/mol. The Hall–Kier alpha value is -2.09. The first-order chi connectivity index (χ1) is 8.58. The summed E-state index contributed by atoms with van der Waals surface area (Å²) in [6.07, 6.45) is 4.84. The molecule has 0 saturated heterocycles. The van der Waals surface area contributed by atoms with Gasteiger partial charge in [0.05, 0.1) is 6.26 Å². The normalized spacial score (nSPS) is 11.1. The van der Waals surface area contributed by atoms with E-state index in [9.17, 15) is 4.79 Å². The molecule has 1 heterocycles. The Morgan fingerprint density at radius 1 is 1.17 bits per heavy atom. The monoisotopic (exact) mass is 240 g/mol. The van der Waals surface area contributed by atoms with E-state index in [0.29, 0.717) is 5.76 Å². The number of hydrogen-bond donors (Lipinski definition) is 0. The molecule has 0 saturated carbocycles. The highest BCUT2D eigenvalue weighted by molar-refractivity contribution is 6.08. The zero-order valence-electron chi connectivity index (χ0n) is 10.9. The van der Waals surface area contributed by atoms with E-state index < -0.39 is 0 Å². The van der Waals surface area contributed by atoms with Gasteiger partial charge in [-0.1, -0.05) is 17.7 Å². The summed E-state index contributed by atoms with van der Waals surface area (Å²) in [4.78, 5) is 12.2. The number of carbonyl (C=O) groups is 1. The third-order valence-corrected chi connectivity index (χ3v) is 2.87. The summed E-state index contributed by atoms with van der Waals surface area (Å²) in [5.74, 6) is 0.701. The van der Waals surface area contributed by atoms with Crippen molar-refractivity contribution in [3.8, 4) is 0 Å². The summed E-state index contributed by atoms with van der Waals surface area (Å²) in [5.41, 5.74) is 3.99. The number of carbonyl (C=O) groups excluding carboxylic acids is 1. The minimum atomic E-state index is 0.0152. The van der Waals surface area contributed by atoms with Gasteiger partial charge in [-0.2, -0.15) is 0 Å². The minimum Gasteiger partial charge on any atom is -0.465 e. The van der Waals surface area contributed by atoms with Crippen LogP contribution in [0.4, 0.5) is 0 Å². The van der Waals surface area contributed by atoms with E-state index in [1.807, 2.05) is 39.0 Å². The van der Waals surface area contributed by atoms with E-state index >= 15 is 0 Å². The van der Waals surface area contributed by atoms with Crippen LogP contribution in [0.3, 0.4) is 0 Å². The summed E-state index contributed by atoms with van der Waals surface area (Å²) >= 11 is 0. The first-order valence-electron chi connectivity index (χ1n) is 5.91. The second-order valence-electron chi connectivity index (χ2n) is 4.49. The van der Waals surface area contributed by atoms with Crippen LogP contribution in [-0.4, -0.2) is 5.78 Å². The van der Waals surface area contributed by atoms with Gasteiger partial charge in [-0.05, 0) is 56.2 Å². The van der Waals surface area contributed by atoms with Gasteiger partial charge in [0.1, 0.15) is 5.76 Å². The van der Waals surface area contributed by atoms with E-state index in [4.69, 9.17) is 4.42 Å². The molecule has 0 N–H and O–H groups in total. The topological polar surface area (TPSA) is 30.2 Å². The third kappa shape index (κ3) is 2.59. The lowest BCUT2D eigenvalue weighted by molar-refractivity contribution is 0.104. The molecule has 1 aromatic carbocycles. The van der Waals surface area contributed by atoms with Crippen LogP contribution in [-0.2, 0) is 0 Å². The van der Waals surface area contributed by atoms with Gasteiger partial charge in [0.25, 0.3) is 0 Å². The second kappa shape index (κ2) is 5.05. The van der Waals surface area contributed by atoms with Gasteiger partial charge in [0.15, 0.2) is 5.78 Å². The van der Waals surface area contributed by atoms with Gasteiger partial charge in [0, 0.05) is 5.56 Å². The molecule has 2 heteroatoms. The van der Waals surface area contributed by atoms with Crippen LogP contribution in [0, 0.1) is 20.8 Å². The molecular weight excluding hydrogens is 224 g/mol. The minimum absolute atomic E-state index is 0.0152. The van der Waals surface area contributed by atoms with Crippen molar-refractivity contribution in [3.63, 3.8) is 0 Å². The van der Waals surface area contributed by atoms with Crippen molar-refractivity contribution < 1.29 is 9.21 Å². The quantitative estimate of drug-likeness (QED) is 0.597. The third-order valence-electron chi connectivity index (χ3n) is 2.87. The molecular formula is C16H16O2. The van der Waals surface area contributed by atoms with Crippen molar-refractivity contribution in [2.75, 3.05) is 0 Å². The molecule has 18 heavy (non-hydrogen) atoms. The molecule has 2 rings (SSSR count). The molecule has 0 atom stereocenters. The lowest BCUT2D eigenvalue weighted by Gasteiger charge is -2.07. The maximum atomic E-state index is 12.2. The molecule has 92 valence electrons. The number of hydrogen-bond acceptors (Lipinski definition) is 2. The maximum absolute atomic E-state index is 12.2. The first-order valence-corrected chi connectivity index (χ1v) is 5.91. The van der Waals surface area contributed by atoms with Crippen LogP contribution in [0.15, 0.2) is 41.0 Å². The number of rotatable bonds is 3. The van der Waals surface area contributed by atoms with Crippen LogP contribution >= 0.6 is 0 Å². The fraction of sp³-hybridized carbons (Fsp3) is 0.188.